The standard InChI is InChI=1S/C20H22ClN5OS/c1-4-12-26-18(15-8-10-22-11-9-15)24-25-20(26)28-14(3)19(27)23-17-7-5-6-16(21)13(17)2/h5-11,14H,4,12H2,1-3H3,(H,23,27)/t14-/m1/s1. The van der Waals surface area contributed by atoms with Crippen molar-refractivity contribution < 1.29 is 4.79 Å². The van der Waals surface area contributed by atoms with Crippen LogP contribution in [-0.4, -0.2) is 30.9 Å². The molecular weight excluding hydrogens is 394 g/mol. The van der Waals surface area contributed by atoms with Gasteiger partial charge in [-0.1, -0.05) is 36.4 Å². The predicted molar refractivity (Wildman–Crippen MR) is 114 cm³/mol. The van der Waals surface area contributed by atoms with Crippen molar-refractivity contribution in [1.29, 1.82) is 0 Å². The number of carbonyl (C=O) groups is 1. The molecule has 0 fully saturated rings. The lowest BCUT2D eigenvalue weighted by Crippen LogP contribution is -2.23. The van der Waals surface area contributed by atoms with E-state index in [-0.39, 0.29) is 11.2 Å². The number of thioether (sulfide) groups is 1. The lowest BCUT2D eigenvalue weighted by Gasteiger charge is -2.15. The van der Waals surface area contributed by atoms with Gasteiger partial charge in [0.25, 0.3) is 0 Å². The third-order valence-electron chi connectivity index (χ3n) is 4.28. The molecule has 3 aromatic rings. The molecule has 0 aliphatic rings. The van der Waals surface area contributed by atoms with Crippen molar-refractivity contribution in [3.63, 3.8) is 0 Å². The molecule has 0 saturated carbocycles. The third-order valence-corrected chi connectivity index (χ3v) is 5.77. The molecular formula is C20H22ClN5OS. The first-order valence-corrected chi connectivity index (χ1v) is 10.3. The van der Waals surface area contributed by atoms with Crippen LogP contribution in [0.3, 0.4) is 0 Å². The van der Waals surface area contributed by atoms with Gasteiger partial charge in [0.15, 0.2) is 11.0 Å². The Kier molecular flexibility index (Phi) is 6.70. The Hall–Kier alpha value is -2.38. The highest BCUT2D eigenvalue weighted by molar-refractivity contribution is 8.00. The van der Waals surface area contributed by atoms with E-state index in [0.717, 1.165) is 40.8 Å². The third kappa shape index (κ3) is 4.54. The fourth-order valence-corrected chi connectivity index (χ4v) is 3.75. The number of rotatable bonds is 7. The first-order chi connectivity index (χ1) is 13.5. The van der Waals surface area contributed by atoms with E-state index in [1.165, 1.54) is 11.8 Å². The molecule has 0 aliphatic carbocycles. The summed E-state index contributed by atoms with van der Waals surface area (Å²) < 4.78 is 2.05. The molecule has 0 radical (unpaired) electrons. The number of aromatic nitrogens is 4. The van der Waals surface area contributed by atoms with Crippen molar-refractivity contribution in [2.45, 2.75) is 44.1 Å². The molecule has 0 saturated heterocycles. The number of nitrogens with one attached hydrogen (secondary N) is 1. The molecule has 146 valence electrons. The summed E-state index contributed by atoms with van der Waals surface area (Å²) in [6.45, 7) is 6.61. The molecule has 0 aliphatic heterocycles. The number of hydrogen-bond donors (Lipinski definition) is 1. The van der Waals surface area contributed by atoms with Crippen LogP contribution in [0.15, 0.2) is 47.9 Å². The lowest BCUT2D eigenvalue weighted by molar-refractivity contribution is -0.115. The summed E-state index contributed by atoms with van der Waals surface area (Å²) in [6, 6.07) is 9.28. The summed E-state index contributed by atoms with van der Waals surface area (Å²) in [5, 5.41) is 12.6. The summed E-state index contributed by atoms with van der Waals surface area (Å²) in [6.07, 6.45) is 4.40. The molecule has 6 nitrogen and oxygen atoms in total. The highest BCUT2D eigenvalue weighted by Gasteiger charge is 2.21. The number of amides is 1. The largest absolute Gasteiger partial charge is 0.325 e. The summed E-state index contributed by atoms with van der Waals surface area (Å²) in [7, 11) is 0. The van der Waals surface area contributed by atoms with Crippen molar-refractivity contribution in [1.82, 2.24) is 19.7 Å². The molecule has 0 bridgehead atoms. The average Bonchev–Trinajstić information content (AvgIpc) is 3.08. The van der Waals surface area contributed by atoms with Gasteiger partial charge in [-0.25, -0.2) is 0 Å². The molecule has 3 rings (SSSR count). The highest BCUT2D eigenvalue weighted by atomic mass is 35.5. The second-order valence-corrected chi connectivity index (χ2v) is 8.07. The molecule has 2 heterocycles. The van der Waals surface area contributed by atoms with Crippen molar-refractivity contribution >= 4 is 35.0 Å². The summed E-state index contributed by atoms with van der Waals surface area (Å²) in [5.74, 6) is 0.678. The van der Waals surface area contributed by atoms with Crippen LogP contribution in [0.1, 0.15) is 25.8 Å². The first-order valence-electron chi connectivity index (χ1n) is 9.07. The Morgan fingerprint density at radius 1 is 1.25 bits per heavy atom. The molecule has 1 amide bonds. The van der Waals surface area contributed by atoms with E-state index in [0.29, 0.717) is 5.02 Å². The fraction of sp³-hybridized carbons (Fsp3) is 0.300. The van der Waals surface area contributed by atoms with Gasteiger partial charge in [-0.15, -0.1) is 10.2 Å². The first kappa shape index (κ1) is 20.4. The number of nitrogens with zero attached hydrogens (tertiary/aromatic N) is 4. The van der Waals surface area contributed by atoms with Gasteiger partial charge < -0.3 is 9.88 Å². The number of benzene rings is 1. The van der Waals surface area contributed by atoms with Gasteiger partial charge in [0.1, 0.15) is 0 Å². The van der Waals surface area contributed by atoms with E-state index in [1.807, 2.05) is 38.1 Å². The second kappa shape index (κ2) is 9.21. The maximum atomic E-state index is 12.7. The molecule has 8 heteroatoms. The molecule has 0 spiro atoms. The Morgan fingerprint density at radius 2 is 2.00 bits per heavy atom. The molecule has 2 aromatic heterocycles. The van der Waals surface area contributed by atoms with Crippen molar-refractivity contribution in [3.8, 4) is 11.4 Å². The van der Waals surface area contributed by atoms with Crippen LogP contribution in [0.2, 0.25) is 5.02 Å². The minimum absolute atomic E-state index is 0.105. The Bertz CT molecular complexity index is 960. The monoisotopic (exact) mass is 415 g/mol. The topological polar surface area (TPSA) is 72.7 Å². The van der Waals surface area contributed by atoms with Crippen molar-refractivity contribution in [3.05, 3.63) is 53.3 Å². The van der Waals surface area contributed by atoms with Gasteiger partial charge in [-0.05, 0) is 50.1 Å². The number of carbonyl (C=O) groups excluding carboxylic acids is 1. The second-order valence-electron chi connectivity index (χ2n) is 6.36. The van der Waals surface area contributed by atoms with Crippen molar-refractivity contribution in [2.75, 3.05) is 5.32 Å². The Morgan fingerprint density at radius 3 is 2.71 bits per heavy atom. The van der Waals surface area contributed by atoms with Gasteiger partial charge in [0.2, 0.25) is 5.91 Å². The Labute approximate surface area is 173 Å². The van der Waals surface area contributed by atoms with Crippen LogP contribution >= 0.6 is 23.4 Å². The smallest absolute Gasteiger partial charge is 0.237 e. The summed E-state index contributed by atoms with van der Waals surface area (Å²) >= 11 is 7.53. The number of anilines is 1. The normalized spacial score (nSPS) is 12.0. The van der Waals surface area contributed by atoms with Crippen molar-refractivity contribution in [2.24, 2.45) is 0 Å². The summed E-state index contributed by atoms with van der Waals surface area (Å²) in [5.41, 5.74) is 2.52. The SMILES string of the molecule is CCCn1c(S[C@H](C)C(=O)Nc2cccc(Cl)c2C)nnc1-c1ccncc1. The highest BCUT2D eigenvalue weighted by Crippen LogP contribution is 2.28. The maximum Gasteiger partial charge on any atom is 0.237 e. The van der Waals surface area contributed by atoms with Crippen LogP contribution in [0.25, 0.3) is 11.4 Å². The summed E-state index contributed by atoms with van der Waals surface area (Å²) in [4.78, 5) is 16.7. The van der Waals surface area contributed by atoms with Gasteiger partial charge in [0.05, 0.1) is 5.25 Å². The molecule has 0 unspecified atom stereocenters. The Balaban J connectivity index is 1.78. The van der Waals surface area contributed by atoms with E-state index in [2.05, 4.69) is 32.0 Å². The number of pyridine rings is 1. The van der Waals surface area contributed by atoms with Gasteiger partial charge in [-0.2, -0.15) is 0 Å². The van der Waals surface area contributed by atoms with Crippen LogP contribution in [0, 0.1) is 6.92 Å². The molecule has 28 heavy (non-hydrogen) atoms. The van der Waals surface area contributed by atoms with Gasteiger partial charge in [0, 0.05) is 35.2 Å². The zero-order chi connectivity index (χ0) is 20.1. The number of halogens is 1. The minimum atomic E-state index is -0.344. The van der Waals surface area contributed by atoms with Crippen LogP contribution in [0.5, 0.6) is 0 Å². The minimum Gasteiger partial charge on any atom is -0.325 e. The van der Waals surface area contributed by atoms with E-state index in [1.54, 1.807) is 18.5 Å². The maximum absolute atomic E-state index is 12.7. The predicted octanol–water partition coefficient (Wildman–Crippen LogP) is 4.83. The molecule has 1 aromatic carbocycles. The van der Waals surface area contributed by atoms with E-state index in [9.17, 15) is 4.79 Å². The zero-order valence-corrected chi connectivity index (χ0v) is 17.6. The van der Waals surface area contributed by atoms with Gasteiger partial charge >= 0.3 is 0 Å². The number of hydrogen-bond acceptors (Lipinski definition) is 5. The molecule has 1 N–H and O–H groups in total. The van der Waals surface area contributed by atoms with Gasteiger partial charge in [-0.3, -0.25) is 9.78 Å². The van der Waals surface area contributed by atoms with E-state index in [4.69, 9.17) is 11.6 Å². The van der Waals surface area contributed by atoms with Crippen LogP contribution in [0.4, 0.5) is 5.69 Å². The average molecular weight is 416 g/mol. The lowest BCUT2D eigenvalue weighted by atomic mass is 10.2. The van der Waals surface area contributed by atoms with Crippen LogP contribution < -0.4 is 5.32 Å². The van der Waals surface area contributed by atoms with Crippen LogP contribution in [-0.2, 0) is 11.3 Å². The van der Waals surface area contributed by atoms with E-state index < -0.39 is 0 Å². The fourth-order valence-electron chi connectivity index (χ4n) is 2.70. The molecule has 1 atom stereocenters. The zero-order valence-electron chi connectivity index (χ0n) is 16.0. The van der Waals surface area contributed by atoms with E-state index >= 15 is 0 Å². The quantitative estimate of drug-likeness (QED) is 0.559.